The van der Waals surface area contributed by atoms with E-state index in [0.717, 1.165) is 6.42 Å². The molecule has 1 rings (SSSR count). The standard InChI is InChI=1S/C10H15BrN2O2/c1-4-7(15-5-2)9-12-6(3)8(11)10(14)13-9/h7H,4-5H2,1-3H3,(H,12,13,14). The first-order valence-electron chi connectivity index (χ1n) is 4.98. The van der Waals surface area contributed by atoms with E-state index in [2.05, 4.69) is 25.9 Å². The fraction of sp³-hybridized carbons (Fsp3) is 0.600. The monoisotopic (exact) mass is 274 g/mol. The van der Waals surface area contributed by atoms with Gasteiger partial charge in [-0.2, -0.15) is 0 Å². The van der Waals surface area contributed by atoms with Crippen LogP contribution in [-0.2, 0) is 4.74 Å². The molecule has 84 valence electrons. The van der Waals surface area contributed by atoms with Crippen LogP contribution >= 0.6 is 15.9 Å². The normalized spacial score (nSPS) is 12.8. The molecule has 0 radical (unpaired) electrons. The Morgan fingerprint density at radius 2 is 2.20 bits per heavy atom. The third kappa shape index (κ3) is 2.89. The van der Waals surface area contributed by atoms with Crippen molar-refractivity contribution in [2.24, 2.45) is 0 Å². The van der Waals surface area contributed by atoms with Crippen molar-refractivity contribution in [1.82, 2.24) is 9.97 Å². The third-order valence-electron chi connectivity index (χ3n) is 2.09. The lowest BCUT2D eigenvalue weighted by Crippen LogP contribution is -2.18. The molecular formula is C10H15BrN2O2. The summed E-state index contributed by atoms with van der Waals surface area (Å²) in [6.45, 7) is 6.32. The summed E-state index contributed by atoms with van der Waals surface area (Å²) in [5, 5.41) is 0. The summed E-state index contributed by atoms with van der Waals surface area (Å²) in [5.74, 6) is 0.602. The van der Waals surface area contributed by atoms with Crippen LogP contribution in [0.4, 0.5) is 0 Å². The molecule has 1 atom stereocenters. The molecule has 1 aromatic rings. The number of aryl methyl sites for hydroxylation is 1. The van der Waals surface area contributed by atoms with Gasteiger partial charge in [0.05, 0.1) is 5.69 Å². The summed E-state index contributed by atoms with van der Waals surface area (Å²) in [6.07, 6.45) is 0.659. The lowest BCUT2D eigenvalue weighted by Gasteiger charge is -2.14. The summed E-state index contributed by atoms with van der Waals surface area (Å²) in [4.78, 5) is 18.5. The summed E-state index contributed by atoms with van der Waals surface area (Å²) >= 11 is 3.18. The van der Waals surface area contributed by atoms with Crippen LogP contribution in [0, 0.1) is 6.92 Å². The van der Waals surface area contributed by atoms with E-state index in [4.69, 9.17) is 4.74 Å². The van der Waals surface area contributed by atoms with Crippen LogP contribution in [0.5, 0.6) is 0 Å². The number of rotatable bonds is 4. The summed E-state index contributed by atoms with van der Waals surface area (Å²) < 4.78 is 5.96. The molecule has 1 N–H and O–H groups in total. The second kappa shape index (κ2) is 5.42. The zero-order chi connectivity index (χ0) is 11.4. The molecule has 15 heavy (non-hydrogen) atoms. The largest absolute Gasteiger partial charge is 0.371 e. The highest BCUT2D eigenvalue weighted by Crippen LogP contribution is 2.17. The van der Waals surface area contributed by atoms with Gasteiger partial charge in [-0.05, 0) is 36.2 Å². The number of hydrogen-bond acceptors (Lipinski definition) is 3. The van der Waals surface area contributed by atoms with Gasteiger partial charge in [-0.1, -0.05) is 6.92 Å². The summed E-state index contributed by atoms with van der Waals surface area (Å²) in [6, 6.07) is 0. The molecule has 5 heteroatoms. The van der Waals surface area contributed by atoms with Crippen LogP contribution in [0.1, 0.15) is 37.9 Å². The minimum atomic E-state index is -0.157. The number of nitrogens with zero attached hydrogens (tertiary/aromatic N) is 1. The molecule has 0 aliphatic heterocycles. The Morgan fingerprint density at radius 1 is 1.53 bits per heavy atom. The highest BCUT2D eigenvalue weighted by atomic mass is 79.9. The zero-order valence-electron chi connectivity index (χ0n) is 9.13. The van der Waals surface area contributed by atoms with E-state index in [1.54, 1.807) is 6.92 Å². The quantitative estimate of drug-likeness (QED) is 0.917. The molecule has 1 aromatic heterocycles. The van der Waals surface area contributed by atoms with Crippen molar-refractivity contribution in [3.8, 4) is 0 Å². The molecule has 0 saturated heterocycles. The van der Waals surface area contributed by atoms with Gasteiger partial charge in [0.1, 0.15) is 16.4 Å². The average molecular weight is 275 g/mol. The van der Waals surface area contributed by atoms with Gasteiger partial charge in [-0.15, -0.1) is 0 Å². The van der Waals surface area contributed by atoms with E-state index >= 15 is 0 Å². The lowest BCUT2D eigenvalue weighted by molar-refractivity contribution is 0.0531. The molecule has 0 fully saturated rings. The molecular weight excluding hydrogens is 260 g/mol. The molecule has 1 heterocycles. The topological polar surface area (TPSA) is 55.0 Å². The van der Waals surface area contributed by atoms with E-state index in [1.165, 1.54) is 0 Å². The number of ether oxygens (including phenoxy) is 1. The molecule has 0 aliphatic carbocycles. The van der Waals surface area contributed by atoms with Gasteiger partial charge in [0.25, 0.3) is 5.56 Å². The highest BCUT2D eigenvalue weighted by Gasteiger charge is 2.14. The van der Waals surface area contributed by atoms with Crippen molar-refractivity contribution in [2.45, 2.75) is 33.3 Å². The van der Waals surface area contributed by atoms with Gasteiger partial charge in [-0.3, -0.25) is 4.79 Å². The van der Waals surface area contributed by atoms with Crippen LogP contribution in [0.2, 0.25) is 0 Å². The summed E-state index contributed by atoms with van der Waals surface area (Å²) in [5.41, 5.74) is 0.530. The highest BCUT2D eigenvalue weighted by molar-refractivity contribution is 9.10. The fourth-order valence-electron chi connectivity index (χ4n) is 1.34. The predicted octanol–water partition coefficient (Wildman–Crippen LogP) is 2.33. The number of aromatic nitrogens is 2. The smallest absolute Gasteiger partial charge is 0.265 e. The minimum absolute atomic E-state index is 0.130. The van der Waals surface area contributed by atoms with Crippen LogP contribution in [-0.4, -0.2) is 16.6 Å². The van der Waals surface area contributed by atoms with Gasteiger partial charge >= 0.3 is 0 Å². The molecule has 0 bridgehead atoms. The maximum atomic E-state index is 11.5. The Kier molecular flexibility index (Phi) is 4.47. The first kappa shape index (κ1) is 12.4. The van der Waals surface area contributed by atoms with Crippen molar-refractivity contribution in [3.63, 3.8) is 0 Å². The SMILES string of the molecule is CCOC(CC)c1nc(C)c(Br)c(=O)[nH]1. The Labute approximate surface area is 97.2 Å². The molecule has 0 amide bonds. The second-order valence-electron chi connectivity index (χ2n) is 3.20. The summed E-state index contributed by atoms with van der Waals surface area (Å²) in [7, 11) is 0. The lowest BCUT2D eigenvalue weighted by atomic mass is 10.2. The Hall–Kier alpha value is -0.680. The van der Waals surface area contributed by atoms with Crippen molar-refractivity contribution in [2.75, 3.05) is 6.61 Å². The first-order valence-corrected chi connectivity index (χ1v) is 5.77. The van der Waals surface area contributed by atoms with Crippen molar-refractivity contribution < 1.29 is 4.74 Å². The van der Waals surface area contributed by atoms with Crippen LogP contribution in [0.3, 0.4) is 0 Å². The molecule has 0 aromatic carbocycles. The van der Waals surface area contributed by atoms with Gasteiger partial charge in [-0.25, -0.2) is 4.98 Å². The van der Waals surface area contributed by atoms with E-state index in [1.807, 2.05) is 13.8 Å². The third-order valence-corrected chi connectivity index (χ3v) is 3.02. The predicted molar refractivity (Wildman–Crippen MR) is 62.0 cm³/mol. The Morgan fingerprint density at radius 3 is 2.67 bits per heavy atom. The Balaban J connectivity index is 3.09. The van der Waals surface area contributed by atoms with Gasteiger partial charge in [0, 0.05) is 6.61 Å². The molecule has 1 unspecified atom stereocenters. The van der Waals surface area contributed by atoms with E-state index in [9.17, 15) is 4.79 Å². The number of nitrogens with one attached hydrogen (secondary N) is 1. The van der Waals surface area contributed by atoms with E-state index in [-0.39, 0.29) is 11.7 Å². The van der Waals surface area contributed by atoms with Gasteiger partial charge < -0.3 is 9.72 Å². The number of aromatic amines is 1. The van der Waals surface area contributed by atoms with Crippen molar-refractivity contribution >= 4 is 15.9 Å². The minimum Gasteiger partial charge on any atom is -0.371 e. The van der Waals surface area contributed by atoms with Crippen LogP contribution < -0.4 is 5.56 Å². The van der Waals surface area contributed by atoms with Crippen LogP contribution in [0.15, 0.2) is 9.27 Å². The fourth-order valence-corrected chi connectivity index (χ4v) is 1.52. The molecule has 0 saturated carbocycles. The van der Waals surface area contributed by atoms with Crippen molar-refractivity contribution in [1.29, 1.82) is 0 Å². The zero-order valence-corrected chi connectivity index (χ0v) is 10.7. The maximum Gasteiger partial charge on any atom is 0.265 e. The van der Waals surface area contributed by atoms with Crippen molar-refractivity contribution in [3.05, 3.63) is 26.3 Å². The second-order valence-corrected chi connectivity index (χ2v) is 4.00. The van der Waals surface area contributed by atoms with Crippen LogP contribution in [0.25, 0.3) is 0 Å². The molecule has 0 spiro atoms. The first-order chi connectivity index (χ1) is 7.10. The van der Waals surface area contributed by atoms with E-state index in [0.29, 0.717) is 22.6 Å². The number of H-pyrrole nitrogens is 1. The Bertz CT molecular complexity index is 389. The molecule has 4 nitrogen and oxygen atoms in total. The number of halogens is 1. The van der Waals surface area contributed by atoms with Gasteiger partial charge in [0.15, 0.2) is 0 Å². The maximum absolute atomic E-state index is 11.5. The average Bonchev–Trinajstić information content (AvgIpc) is 2.22. The van der Waals surface area contributed by atoms with Gasteiger partial charge in [0.2, 0.25) is 0 Å². The van der Waals surface area contributed by atoms with E-state index < -0.39 is 0 Å². The number of hydrogen-bond donors (Lipinski definition) is 1. The molecule has 0 aliphatic rings.